The Balaban J connectivity index is 1.12. The Morgan fingerprint density at radius 2 is 1.09 bits per heavy atom. The lowest BCUT2D eigenvalue weighted by Crippen LogP contribution is -2.19. The zero-order valence-corrected chi connectivity index (χ0v) is 31.0. The molecule has 54 heavy (non-hydrogen) atoms. The molecule has 0 N–H and O–H groups in total. The second-order valence-electron chi connectivity index (χ2n) is 14.6. The van der Waals surface area contributed by atoms with Crippen LogP contribution in [0.15, 0.2) is 206 Å². The van der Waals surface area contributed by atoms with Gasteiger partial charge in [0.15, 0.2) is 0 Å². The molecule has 9 rings (SSSR count). The summed E-state index contributed by atoms with van der Waals surface area (Å²) in [5.74, 6) is 0. The van der Waals surface area contributed by atoms with Gasteiger partial charge < -0.3 is 9.47 Å². The van der Waals surface area contributed by atoms with Crippen molar-refractivity contribution in [3.63, 3.8) is 0 Å². The smallest absolute Gasteiger partial charge is 0.0541 e. The van der Waals surface area contributed by atoms with E-state index in [1.807, 2.05) is 0 Å². The van der Waals surface area contributed by atoms with E-state index in [0.717, 1.165) is 17.1 Å². The summed E-state index contributed by atoms with van der Waals surface area (Å²) in [5, 5.41) is 2.50. The first kappa shape index (κ1) is 33.2. The lowest BCUT2D eigenvalue weighted by Gasteiger charge is -2.28. The molecular weight excluding hydrogens is 653 g/mol. The highest BCUT2D eigenvalue weighted by molar-refractivity contribution is 6.10. The summed E-state index contributed by atoms with van der Waals surface area (Å²) in [6.45, 7) is 11.5. The van der Waals surface area contributed by atoms with E-state index < -0.39 is 0 Å². The standard InChI is InChI=1S/C52H42N2/c1-5-44-45-20-12-14-22-48(45)52(3,4)49(44)34-36(2)53(42-29-24-38(25-30-42)37-16-8-6-9-17-37)43-31-26-39(27-32-43)40-28-33-51-47(35-40)46-21-13-15-23-50(46)54(51)41-18-10-7-11-19-41/h5-35H,2H2,1,3-4H3/b44-5-,49-34+. The van der Waals surface area contributed by atoms with E-state index in [-0.39, 0.29) is 5.41 Å². The summed E-state index contributed by atoms with van der Waals surface area (Å²) in [6, 6.07) is 63.3. The largest absolute Gasteiger partial charge is 0.311 e. The molecular formula is C52H42N2. The minimum atomic E-state index is -0.156. The number of hydrogen-bond donors (Lipinski definition) is 0. The second-order valence-corrected chi connectivity index (χ2v) is 14.6. The van der Waals surface area contributed by atoms with Crippen molar-refractivity contribution >= 4 is 38.8 Å². The Morgan fingerprint density at radius 1 is 0.556 bits per heavy atom. The molecule has 0 amide bonds. The molecule has 0 saturated heterocycles. The van der Waals surface area contributed by atoms with E-state index >= 15 is 0 Å². The molecule has 2 heteroatoms. The van der Waals surface area contributed by atoms with E-state index in [9.17, 15) is 0 Å². The van der Waals surface area contributed by atoms with E-state index in [0.29, 0.717) is 0 Å². The third-order valence-electron chi connectivity index (χ3n) is 11.1. The van der Waals surface area contributed by atoms with Gasteiger partial charge in [-0.1, -0.05) is 148 Å². The van der Waals surface area contributed by atoms with Crippen molar-refractivity contribution in [3.8, 4) is 27.9 Å². The Bertz CT molecular complexity index is 2730. The number of rotatable bonds is 7. The molecule has 0 bridgehead atoms. The van der Waals surface area contributed by atoms with Gasteiger partial charge in [0, 0.05) is 38.9 Å². The molecule has 0 unspecified atom stereocenters. The molecule has 1 aromatic heterocycles. The number of fused-ring (bicyclic) bond motifs is 4. The number of anilines is 2. The molecule has 7 aromatic carbocycles. The Morgan fingerprint density at radius 3 is 1.78 bits per heavy atom. The van der Waals surface area contributed by atoms with Crippen LogP contribution in [-0.2, 0) is 5.41 Å². The third-order valence-corrected chi connectivity index (χ3v) is 11.1. The predicted octanol–water partition coefficient (Wildman–Crippen LogP) is 14.1. The number of nitrogens with zero attached hydrogens (tertiary/aromatic N) is 2. The summed E-state index contributed by atoms with van der Waals surface area (Å²) in [5.41, 5.74) is 16.4. The van der Waals surface area contributed by atoms with Crippen molar-refractivity contribution in [1.29, 1.82) is 0 Å². The molecule has 0 atom stereocenters. The number of aromatic nitrogens is 1. The zero-order valence-electron chi connectivity index (χ0n) is 31.0. The normalized spacial score (nSPS) is 14.9. The van der Waals surface area contributed by atoms with Gasteiger partial charge in [0.2, 0.25) is 0 Å². The maximum absolute atomic E-state index is 4.74. The molecule has 1 heterocycles. The van der Waals surface area contributed by atoms with E-state index in [1.54, 1.807) is 0 Å². The van der Waals surface area contributed by atoms with Crippen LogP contribution in [0.3, 0.4) is 0 Å². The van der Waals surface area contributed by atoms with Crippen molar-refractivity contribution < 1.29 is 0 Å². The molecule has 0 radical (unpaired) electrons. The fourth-order valence-electron chi connectivity index (χ4n) is 8.42. The quantitative estimate of drug-likeness (QED) is 0.161. The minimum Gasteiger partial charge on any atom is -0.311 e. The fourth-order valence-corrected chi connectivity index (χ4v) is 8.42. The van der Waals surface area contributed by atoms with E-state index in [4.69, 9.17) is 6.58 Å². The first-order valence-electron chi connectivity index (χ1n) is 18.7. The van der Waals surface area contributed by atoms with Crippen LogP contribution in [-0.4, -0.2) is 4.57 Å². The van der Waals surface area contributed by atoms with Crippen molar-refractivity contribution in [1.82, 2.24) is 4.57 Å². The average molecular weight is 695 g/mol. The van der Waals surface area contributed by atoms with Gasteiger partial charge in [-0.2, -0.15) is 0 Å². The zero-order chi connectivity index (χ0) is 36.8. The van der Waals surface area contributed by atoms with Gasteiger partial charge in [-0.15, -0.1) is 0 Å². The van der Waals surface area contributed by atoms with Crippen LogP contribution in [0.5, 0.6) is 0 Å². The van der Waals surface area contributed by atoms with Crippen molar-refractivity contribution in [2.75, 3.05) is 4.90 Å². The van der Waals surface area contributed by atoms with Gasteiger partial charge in [-0.25, -0.2) is 0 Å². The van der Waals surface area contributed by atoms with Gasteiger partial charge in [0.25, 0.3) is 0 Å². The average Bonchev–Trinajstić information content (AvgIpc) is 3.66. The summed E-state index contributed by atoms with van der Waals surface area (Å²) >= 11 is 0. The monoisotopic (exact) mass is 694 g/mol. The van der Waals surface area contributed by atoms with Crippen LogP contribution in [0.4, 0.5) is 11.4 Å². The topological polar surface area (TPSA) is 8.17 Å². The number of benzene rings is 7. The maximum Gasteiger partial charge on any atom is 0.0541 e. The van der Waals surface area contributed by atoms with Gasteiger partial charge in [-0.05, 0) is 112 Å². The van der Waals surface area contributed by atoms with Crippen LogP contribution in [0.2, 0.25) is 0 Å². The third kappa shape index (κ3) is 5.59. The number of para-hydroxylation sites is 2. The van der Waals surface area contributed by atoms with Crippen LogP contribution >= 0.6 is 0 Å². The minimum absolute atomic E-state index is 0.156. The Labute approximate surface area is 318 Å². The fraction of sp³-hybridized carbons (Fsp3) is 0.0769. The Kier molecular flexibility index (Phi) is 8.24. The summed E-state index contributed by atoms with van der Waals surface area (Å²) in [6.07, 6.45) is 4.54. The molecule has 260 valence electrons. The lowest BCUT2D eigenvalue weighted by atomic mass is 9.81. The van der Waals surface area contributed by atoms with Crippen LogP contribution < -0.4 is 4.90 Å². The highest BCUT2D eigenvalue weighted by Crippen LogP contribution is 2.50. The molecule has 8 aromatic rings. The van der Waals surface area contributed by atoms with Crippen molar-refractivity contribution in [2.45, 2.75) is 26.2 Å². The summed E-state index contributed by atoms with van der Waals surface area (Å²) in [7, 11) is 0. The van der Waals surface area contributed by atoms with E-state index in [1.165, 1.54) is 72.0 Å². The number of hydrogen-bond acceptors (Lipinski definition) is 1. The lowest BCUT2D eigenvalue weighted by molar-refractivity contribution is 0.660. The van der Waals surface area contributed by atoms with Gasteiger partial charge in [0.1, 0.15) is 0 Å². The molecule has 2 nitrogen and oxygen atoms in total. The van der Waals surface area contributed by atoms with Crippen molar-refractivity contribution in [3.05, 3.63) is 217 Å². The summed E-state index contributed by atoms with van der Waals surface area (Å²) < 4.78 is 2.36. The first-order valence-corrected chi connectivity index (χ1v) is 18.7. The first-order chi connectivity index (χ1) is 26.4. The molecule has 0 aliphatic heterocycles. The maximum atomic E-state index is 4.74. The van der Waals surface area contributed by atoms with Crippen LogP contribution in [0.1, 0.15) is 31.9 Å². The van der Waals surface area contributed by atoms with Crippen LogP contribution in [0, 0.1) is 0 Å². The van der Waals surface area contributed by atoms with Gasteiger partial charge in [-0.3, -0.25) is 0 Å². The van der Waals surface area contributed by atoms with Gasteiger partial charge >= 0.3 is 0 Å². The highest BCUT2D eigenvalue weighted by Gasteiger charge is 2.37. The van der Waals surface area contributed by atoms with E-state index in [2.05, 4.69) is 218 Å². The molecule has 1 aliphatic carbocycles. The molecule has 0 fully saturated rings. The number of allylic oxidation sites excluding steroid dienone is 4. The van der Waals surface area contributed by atoms with Crippen molar-refractivity contribution in [2.24, 2.45) is 0 Å². The SMILES string of the molecule is C=C(/C=C1\C(=C/C)c2ccccc2C1(C)C)N(c1ccc(-c2ccccc2)cc1)c1ccc(-c2ccc3c(c2)c2ccccc2n3-c2ccccc2)cc1. The van der Waals surface area contributed by atoms with Crippen LogP contribution in [0.25, 0.3) is 55.3 Å². The van der Waals surface area contributed by atoms with Gasteiger partial charge in [0.05, 0.1) is 11.0 Å². The molecule has 0 spiro atoms. The molecule has 0 saturated carbocycles. The second kappa shape index (κ2) is 13.4. The molecule has 1 aliphatic rings. The predicted molar refractivity (Wildman–Crippen MR) is 231 cm³/mol. The summed E-state index contributed by atoms with van der Waals surface area (Å²) in [4.78, 5) is 2.29. The highest BCUT2D eigenvalue weighted by atomic mass is 15.1. The Hall–Kier alpha value is -6.64.